The van der Waals surface area contributed by atoms with Gasteiger partial charge in [0.2, 0.25) is 0 Å². The van der Waals surface area contributed by atoms with Crippen molar-refractivity contribution in [2.75, 3.05) is 0 Å². The van der Waals surface area contributed by atoms with Crippen molar-refractivity contribution in [3.8, 4) is 0 Å². The normalized spacial score (nSPS) is 12.6. The van der Waals surface area contributed by atoms with Gasteiger partial charge in [0.15, 0.2) is 0 Å². The molecule has 5 nitrogen and oxygen atoms in total. The number of carbonyl (C=O) groups excluding carboxylic acids is 1. The van der Waals surface area contributed by atoms with Crippen LogP contribution in [0.4, 0.5) is 0 Å². The maximum Gasteiger partial charge on any atom is 0.266 e. The van der Waals surface area contributed by atoms with E-state index in [4.69, 9.17) is 0 Å². The molecule has 0 saturated heterocycles. The van der Waals surface area contributed by atoms with Crippen LogP contribution in [-0.4, -0.2) is 14.3 Å². The van der Waals surface area contributed by atoms with Gasteiger partial charge in [-0.05, 0) is 55.5 Å². The lowest BCUT2D eigenvalue weighted by molar-refractivity contribution is 0.0944. The molecular weight excluding hydrogens is 336 g/mol. The Bertz CT molecular complexity index is 859. The minimum absolute atomic E-state index is 0.112. The van der Waals surface area contributed by atoms with E-state index in [2.05, 4.69) is 24.1 Å². The Morgan fingerprint density at radius 3 is 2.28 bits per heavy atom. The van der Waals surface area contributed by atoms with Crippen LogP contribution in [0.2, 0.25) is 0 Å². The fraction of sp³-hybridized carbons (Fsp3) is 0.316. The molecule has 134 valence electrons. The number of carbonyl (C=O) groups is 1. The van der Waals surface area contributed by atoms with Gasteiger partial charge in [-0.25, -0.2) is 8.42 Å². The highest BCUT2D eigenvalue weighted by Crippen LogP contribution is 2.20. The Kier molecular flexibility index (Phi) is 5.98. The summed E-state index contributed by atoms with van der Waals surface area (Å²) in [5, 5.41) is 0. The van der Waals surface area contributed by atoms with Crippen molar-refractivity contribution in [1.29, 1.82) is 0 Å². The lowest BCUT2D eigenvalue weighted by Gasteiger charge is -2.12. The SMILES string of the molecule is CC[C@@H](C)c1ccc(S(=O)(=O)NNC(=O)c2ccc(C)cc2C)cc1. The van der Waals surface area contributed by atoms with Crippen LogP contribution in [0.3, 0.4) is 0 Å². The van der Waals surface area contributed by atoms with Crippen molar-refractivity contribution < 1.29 is 13.2 Å². The second-order valence-electron chi connectivity index (χ2n) is 6.26. The Morgan fingerprint density at radius 1 is 1.08 bits per heavy atom. The average Bonchev–Trinajstić information content (AvgIpc) is 2.59. The van der Waals surface area contributed by atoms with E-state index in [0.29, 0.717) is 11.5 Å². The third-order valence-electron chi connectivity index (χ3n) is 4.30. The molecule has 2 N–H and O–H groups in total. The second kappa shape index (κ2) is 7.80. The van der Waals surface area contributed by atoms with E-state index in [9.17, 15) is 13.2 Å². The first kappa shape index (κ1) is 19.1. The molecule has 0 spiro atoms. The molecule has 1 atom stereocenters. The molecule has 2 aromatic rings. The highest BCUT2D eigenvalue weighted by atomic mass is 32.2. The van der Waals surface area contributed by atoms with Crippen LogP contribution in [0.5, 0.6) is 0 Å². The number of nitrogens with one attached hydrogen (secondary N) is 2. The molecule has 0 heterocycles. The average molecular weight is 360 g/mol. The maximum absolute atomic E-state index is 12.3. The van der Waals surface area contributed by atoms with Gasteiger partial charge < -0.3 is 0 Å². The number of rotatable bonds is 6. The number of benzene rings is 2. The molecule has 0 aliphatic heterocycles. The molecule has 0 unspecified atom stereocenters. The zero-order chi connectivity index (χ0) is 18.6. The van der Waals surface area contributed by atoms with Gasteiger partial charge in [0.05, 0.1) is 4.90 Å². The Morgan fingerprint density at radius 2 is 1.72 bits per heavy atom. The van der Waals surface area contributed by atoms with Gasteiger partial charge in [-0.1, -0.05) is 43.7 Å². The predicted octanol–water partition coefficient (Wildman–Crippen LogP) is 3.44. The zero-order valence-electron chi connectivity index (χ0n) is 15.0. The summed E-state index contributed by atoms with van der Waals surface area (Å²) in [6.07, 6.45) is 0.982. The highest BCUT2D eigenvalue weighted by Gasteiger charge is 2.17. The summed E-state index contributed by atoms with van der Waals surface area (Å²) >= 11 is 0. The van der Waals surface area contributed by atoms with Crippen LogP contribution in [0.25, 0.3) is 0 Å². The number of hydrogen-bond acceptors (Lipinski definition) is 3. The summed E-state index contributed by atoms with van der Waals surface area (Å²) in [6, 6.07) is 12.1. The summed E-state index contributed by atoms with van der Waals surface area (Å²) in [5.74, 6) is -0.119. The molecule has 0 aliphatic carbocycles. The smallest absolute Gasteiger partial charge is 0.266 e. The number of amides is 1. The predicted molar refractivity (Wildman–Crippen MR) is 98.9 cm³/mol. The standard InChI is InChI=1S/C19H24N2O3S/c1-5-14(3)16-7-9-17(10-8-16)25(23,24)21-20-19(22)18-11-6-13(2)12-15(18)4/h6-12,14,21H,5H2,1-4H3,(H,20,22)/t14-/m1/s1. The van der Waals surface area contributed by atoms with Crippen LogP contribution in [-0.2, 0) is 10.0 Å². The molecule has 1 amide bonds. The van der Waals surface area contributed by atoms with Crippen LogP contribution in [0.1, 0.15) is 53.2 Å². The van der Waals surface area contributed by atoms with Crippen molar-refractivity contribution >= 4 is 15.9 Å². The first-order chi connectivity index (χ1) is 11.7. The van der Waals surface area contributed by atoms with E-state index in [-0.39, 0.29) is 4.90 Å². The molecule has 2 rings (SSSR count). The minimum Gasteiger partial charge on any atom is -0.273 e. The molecule has 0 fully saturated rings. The number of hydrazine groups is 1. The summed E-state index contributed by atoms with van der Waals surface area (Å²) < 4.78 is 24.7. The lowest BCUT2D eigenvalue weighted by Crippen LogP contribution is -2.41. The summed E-state index contributed by atoms with van der Waals surface area (Å²) in [4.78, 5) is 14.5. The topological polar surface area (TPSA) is 75.3 Å². The van der Waals surface area contributed by atoms with Crippen molar-refractivity contribution in [3.63, 3.8) is 0 Å². The minimum atomic E-state index is -3.82. The molecule has 6 heteroatoms. The van der Waals surface area contributed by atoms with Crippen LogP contribution < -0.4 is 10.3 Å². The van der Waals surface area contributed by atoms with Gasteiger partial charge >= 0.3 is 0 Å². The molecule has 0 aromatic heterocycles. The monoisotopic (exact) mass is 360 g/mol. The van der Waals surface area contributed by atoms with E-state index in [1.807, 2.05) is 26.0 Å². The Labute approximate surface area is 149 Å². The molecule has 2 aromatic carbocycles. The number of hydrogen-bond donors (Lipinski definition) is 2. The van der Waals surface area contributed by atoms with E-state index in [1.54, 1.807) is 30.3 Å². The van der Waals surface area contributed by atoms with E-state index in [0.717, 1.165) is 23.1 Å². The van der Waals surface area contributed by atoms with Crippen molar-refractivity contribution in [3.05, 3.63) is 64.7 Å². The van der Waals surface area contributed by atoms with Gasteiger partial charge in [0.1, 0.15) is 0 Å². The molecular formula is C19H24N2O3S. The summed E-state index contributed by atoms with van der Waals surface area (Å²) in [6.45, 7) is 7.91. The highest BCUT2D eigenvalue weighted by molar-refractivity contribution is 7.89. The summed E-state index contributed by atoms with van der Waals surface area (Å²) in [5.41, 5.74) is 5.61. The van der Waals surface area contributed by atoms with Crippen LogP contribution in [0, 0.1) is 13.8 Å². The lowest BCUT2D eigenvalue weighted by atomic mass is 9.99. The molecule has 0 aliphatic rings. The quantitative estimate of drug-likeness (QED) is 0.775. The fourth-order valence-electron chi connectivity index (χ4n) is 2.52. The van der Waals surface area contributed by atoms with Gasteiger partial charge in [-0.2, -0.15) is 0 Å². The fourth-order valence-corrected chi connectivity index (χ4v) is 3.36. The molecule has 0 bridgehead atoms. The molecule has 0 saturated carbocycles. The van der Waals surface area contributed by atoms with E-state index >= 15 is 0 Å². The zero-order valence-corrected chi connectivity index (χ0v) is 15.8. The van der Waals surface area contributed by atoms with E-state index in [1.165, 1.54) is 0 Å². The first-order valence-corrected chi connectivity index (χ1v) is 9.72. The van der Waals surface area contributed by atoms with Crippen LogP contribution in [0.15, 0.2) is 47.4 Å². The van der Waals surface area contributed by atoms with E-state index < -0.39 is 15.9 Å². The third-order valence-corrected chi connectivity index (χ3v) is 5.56. The second-order valence-corrected chi connectivity index (χ2v) is 7.94. The molecule has 25 heavy (non-hydrogen) atoms. The first-order valence-electron chi connectivity index (χ1n) is 8.24. The summed E-state index contributed by atoms with van der Waals surface area (Å²) in [7, 11) is -3.82. The van der Waals surface area contributed by atoms with Crippen molar-refractivity contribution in [2.24, 2.45) is 0 Å². The Balaban J connectivity index is 2.09. The molecule has 0 radical (unpaired) electrons. The Hall–Kier alpha value is -2.18. The maximum atomic E-state index is 12.3. The van der Waals surface area contributed by atoms with Crippen LogP contribution >= 0.6 is 0 Å². The van der Waals surface area contributed by atoms with Gasteiger partial charge in [-0.3, -0.25) is 10.2 Å². The van der Waals surface area contributed by atoms with Gasteiger partial charge in [-0.15, -0.1) is 4.83 Å². The van der Waals surface area contributed by atoms with Gasteiger partial charge in [0, 0.05) is 5.56 Å². The van der Waals surface area contributed by atoms with Gasteiger partial charge in [0.25, 0.3) is 15.9 Å². The number of aryl methyl sites for hydroxylation is 2. The largest absolute Gasteiger partial charge is 0.273 e. The van der Waals surface area contributed by atoms with Crippen molar-refractivity contribution in [1.82, 2.24) is 10.3 Å². The number of sulfonamides is 1. The van der Waals surface area contributed by atoms with Crippen molar-refractivity contribution in [2.45, 2.75) is 44.9 Å². The third kappa shape index (κ3) is 4.67.